The van der Waals surface area contributed by atoms with Crippen LogP contribution >= 0.6 is 0 Å². The zero-order valence-electron chi connectivity index (χ0n) is 8.95. The van der Waals surface area contributed by atoms with Crippen LogP contribution in [-0.2, 0) is 14.8 Å². The van der Waals surface area contributed by atoms with E-state index < -0.39 is 10.0 Å². The van der Waals surface area contributed by atoms with Gasteiger partial charge in [0.25, 0.3) is 0 Å². The van der Waals surface area contributed by atoms with Gasteiger partial charge in [-0.15, -0.1) is 0 Å². The molecular weight excluding hydrogens is 218 g/mol. The highest BCUT2D eigenvalue weighted by atomic mass is 32.2. The predicted molar refractivity (Wildman–Crippen MR) is 58.8 cm³/mol. The molecule has 0 spiro atoms. The van der Waals surface area contributed by atoms with E-state index >= 15 is 0 Å². The zero-order chi connectivity index (χ0) is 11.7. The SMILES string of the molecule is CCNC(=O)CCNS(=O)(=O)CCCN. The van der Waals surface area contributed by atoms with Crippen LogP contribution in [0.1, 0.15) is 19.8 Å². The molecule has 0 aromatic heterocycles. The van der Waals surface area contributed by atoms with Gasteiger partial charge in [0.2, 0.25) is 15.9 Å². The normalized spacial score (nSPS) is 11.3. The van der Waals surface area contributed by atoms with Gasteiger partial charge in [0.1, 0.15) is 0 Å². The summed E-state index contributed by atoms with van der Waals surface area (Å²) in [4.78, 5) is 11.0. The van der Waals surface area contributed by atoms with Crippen LogP contribution in [-0.4, -0.2) is 39.7 Å². The van der Waals surface area contributed by atoms with E-state index in [4.69, 9.17) is 5.73 Å². The minimum atomic E-state index is -3.26. The quantitative estimate of drug-likeness (QED) is 0.492. The van der Waals surface area contributed by atoms with Gasteiger partial charge in [-0.1, -0.05) is 0 Å². The summed E-state index contributed by atoms with van der Waals surface area (Å²) in [5, 5.41) is 2.58. The van der Waals surface area contributed by atoms with Gasteiger partial charge in [-0.05, 0) is 19.9 Å². The van der Waals surface area contributed by atoms with Crippen molar-refractivity contribution in [3.05, 3.63) is 0 Å². The lowest BCUT2D eigenvalue weighted by atomic mass is 10.4. The first-order valence-corrected chi connectivity index (χ1v) is 6.61. The Morgan fingerprint density at radius 1 is 1.40 bits per heavy atom. The second-order valence-electron chi connectivity index (χ2n) is 3.06. The molecule has 0 aliphatic heterocycles. The first-order valence-electron chi connectivity index (χ1n) is 4.96. The molecule has 7 heteroatoms. The second-order valence-corrected chi connectivity index (χ2v) is 4.99. The maximum Gasteiger partial charge on any atom is 0.221 e. The minimum absolute atomic E-state index is 0.0128. The molecule has 0 bridgehead atoms. The smallest absolute Gasteiger partial charge is 0.221 e. The molecule has 0 aliphatic carbocycles. The Bertz CT molecular complexity index is 277. The van der Waals surface area contributed by atoms with E-state index in [-0.39, 0.29) is 24.6 Å². The number of hydrogen-bond acceptors (Lipinski definition) is 4. The first-order chi connectivity index (χ1) is 7.02. The number of hydrogen-bond donors (Lipinski definition) is 3. The largest absolute Gasteiger partial charge is 0.356 e. The fourth-order valence-electron chi connectivity index (χ4n) is 0.951. The molecule has 0 rings (SSSR count). The third-order valence-electron chi connectivity index (χ3n) is 1.67. The van der Waals surface area contributed by atoms with Crippen molar-refractivity contribution in [1.82, 2.24) is 10.0 Å². The fraction of sp³-hybridized carbons (Fsp3) is 0.875. The first kappa shape index (κ1) is 14.3. The van der Waals surface area contributed by atoms with E-state index in [9.17, 15) is 13.2 Å². The van der Waals surface area contributed by atoms with E-state index in [1.807, 2.05) is 6.92 Å². The molecule has 6 nitrogen and oxygen atoms in total. The Kier molecular flexibility index (Phi) is 7.27. The van der Waals surface area contributed by atoms with E-state index in [1.165, 1.54) is 0 Å². The second kappa shape index (κ2) is 7.61. The van der Waals surface area contributed by atoms with Gasteiger partial charge in [-0.2, -0.15) is 0 Å². The molecule has 0 heterocycles. The maximum atomic E-state index is 11.2. The van der Waals surface area contributed by atoms with Crippen molar-refractivity contribution in [2.24, 2.45) is 5.73 Å². The fourth-order valence-corrected chi connectivity index (χ4v) is 2.06. The molecule has 0 aromatic carbocycles. The number of nitrogens with two attached hydrogens (primary N) is 1. The Balaban J connectivity index is 3.70. The maximum absolute atomic E-state index is 11.2. The Hall–Kier alpha value is -0.660. The van der Waals surface area contributed by atoms with Crippen LogP contribution in [0.5, 0.6) is 0 Å². The van der Waals surface area contributed by atoms with E-state index in [2.05, 4.69) is 10.0 Å². The number of rotatable bonds is 8. The van der Waals surface area contributed by atoms with Crippen molar-refractivity contribution in [1.29, 1.82) is 0 Å². The summed E-state index contributed by atoms with van der Waals surface area (Å²) in [7, 11) is -3.26. The summed E-state index contributed by atoms with van der Waals surface area (Å²) in [6.07, 6.45) is 0.589. The molecule has 0 fully saturated rings. The van der Waals surface area contributed by atoms with Crippen molar-refractivity contribution in [2.75, 3.05) is 25.4 Å². The Morgan fingerprint density at radius 2 is 2.07 bits per heavy atom. The molecule has 0 aliphatic rings. The van der Waals surface area contributed by atoms with Crippen LogP contribution < -0.4 is 15.8 Å². The van der Waals surface area contributed by atoms with E-state index in [1.54, 1.807) is 0 Å². The zero-order valence-corrected chi connectivity index (χ0v) is 9.77. The molecule has 0 saturated carbocycles. The molecular formula is C8H19N3O3S. The third-order valence-corrected chi connectivity index (χ3v) is 3.14. The Labute approximate surface area is 90.7 Å². The average molecular weight is 237 g/mol. The van der Waals surface area contributed by atoms with Gasteiger partial charge in [-0.25, -0.2) is 13.1 Å². The summed E-state index contributed by atoms with van der Waals surface area (Å²) >= 11 is 0. The lowest BCUT2D eigenvalue weighted by Gasteiger charge is -2.05. The number of sulfonamides is 1. The summed E-state index contributed by atoms with van der Waals surface area (Å²) in [5.41, 5.74) is 5.20. The molecule has 0 aromatic rings. The van der Waals surface area contributed by atoms with Gasteiger partial charge in [-0.3, -0.25) is 4.79 Å². The number of nitrogens with one attached hydrogen (secondary N) is 2. The molecule has 0 saturated heterocycles. The highest BCUT2D eigenvalue weighted by molar-refractivity contribution is 7.89. The minimum Gasteiger partial charge on any atom is -0.356 e. The standard InChI is InChI=1S/C8H19N3O3S/c1-2-10-8(12)4-6-11-15(13,14)7-3-5-9/h11H,2-7,9H2,1H3,(H,10,12). The molecule has 90 valence electrons. The third kappa shape index (κ3) is 8.34. The van der Waals surface area contributed by atoms with Crippen molar-refractivity contribution in [3.63, 3.8) is 0 Å². The van der Waals surface area contributed by atoms with Gasteiger partial charge in [0, 0.05) is 19.5 Å². The van der Waals surface area contributed by atoms with Gasteiger partial charge < -0.3 is 11.1 Å². The van der Waals surface area contributed by atoms with Crippen LogP contribution in [0.3, 0.4) is 0 Å². The highest BCUT2D eigenvalue weighted by Gasteiger charge is 2.09. The molecule has 0 radical (unpaired) electrons. The molecule has 4 N–H and O–H groups in total. The molecule has 0 unspecified atom stereocenters. The van der Waals surface area contributed by atoms with Gasteiger partial charge >= 0.3 is 0 Å². The van der Waals surface area contributed by atoms with Crippen LogP contribution in [0, 0.1) is 0 Å². The van der Waals surface area contributed by atoms with Crippen LogP contribution in [0.2, 0.25) is 0 Å². The summed E-state index contributed by atoms with van der Waals surface area (Å²) in [6, 6.07) is 0. The summed E-state index contributed by atoms with van der Waals surface area (Å²) in [6.45, 7) is 2.85. The van der Waals surface area contributed by atoms with Crippen LogP contribution in [0.4, 0.5) is 0 Å². The summed E-state index contributed by atoms with van der Waals surface area (Å²) in [5.74, 6) is -0.141. The number of carbonyl (C=O) groups is 1. The molecule has 15 heavy (non-hydrogen) atoms. The highest BCUT2D eigenvalue weighted by Crippen LogP contribution is 1.88. The molecule has 1 amide bonds. The van der Waals surface area contributed by atoms with E-state index in [0.717, 1.165) is 0 Å². The van der Waals surface area contributed by atoms with Crippen LogP contribution in [0.15, 0.2) is 0 Å². The van der Waals surface area contributed by atoms with Crippen molar-refractivity contribution < 1.29 is 13.2 Å². The van der Waals surface area contributed by atoms with Crippen molar-refractivity contribution in [2.45, 2.75) is 19.8 Å². The van der Waals surface area contributed by atoms with Gasteiger partial charge in [0.05, 0.1) is 5.75 Å². The van der Waals surface area contributed by atoms with Crippen molar-refractivity contribution >= 4 is 15.9 Å². The monoisotopic (exact) mass is 237 g/mol. The molecule has 0 atom stereocenters. The summed E-state index contributed by atoms with van der Waals surface area (Å²) < 4.78 is 24.8. The average Bonchev–Trinajstić information content (AvgIpc) is 2.15. The number of amides is 1. The van der Waals surface area contributed by atoms with Crippen molar-refractivity contribution in [3.8, 4) is 0 Å². The lowest BCUT2D eigenvalue weighted by molar-refractivity contribution is -0.120. The van der Waals surface area contributed by atoms with Gasteiger partial charge in [0.15, 0.2) is 0 Å². The lowest BCUT2D eigenvalue weighted by Crippen LogP contribution is -2.32. The van der Waals surface area contributed by atoms with E-state index in [0.29, 0.717) is 19.5 Å². The Morgan fingerprint density at radius 3 is 2.60 bits per heavy atom. The van der Waals surface area contributed by atoms with Crippen LogP contribution in [0.25, 0.3) is 0 Å². The predicted octanol–water partition coefficient (Wildman–Crippen LogP) is -1.22. The topological polar surface area (TPSA) is 101 Å². The number of carbonyl (C=O) groups excluding carboxylic acids is 1.